The van der Waals surface area contributed by atoms with E-state index in [1.165, 1.54) is 10.9 Å². The zero-order valence-electron chi connectivity index (χ0n) is 14.2. The number of hydrogen-bond donors (Lipinski definition) is 1. The highest BCUT2D eigenvalue weighted by Crippen LogP contribution is 2.45. The molecule has 0 aliphatic carbocycles. The van der Waals surface area contributed by atoms with Crippen molar-refractivity contribution in [1.82, 2.24) is 9.88 Å². The number of carbonyl (C=O) groups excluding carboxylic acids is 1. The number of aryl methyl sites for hydroxylation is 1. The molecule has 0 bridgehead atoms. The molecule has 1 unspecified atom stereocenters. The summed E-state index contributed by atoms with van der Waals surface area (Å²) in [5.74, 6) is 0.152. The summed E-state index contributed by atoms with van der Waals surface area (Å²) < 4.78 is 0. The molecule has 1 aromatic heterocycles. The van der Waals surface area contributed by atoms with E-state index in [0.717, 1.165) is 22.4 Å². The maximum atomic E-state index is 12.8. The molecule has 0 saturated carbocycles. The lowest BCUT2D eigenvalue weighted by molar-refractivity contribution is -0.131. The van der Waals surface area contributed by atoms with Crippen molar-refractivity contribution in [3.05, 3.63) is 46.7 Å². The molecule has 1 atom stereocenters. The van der Waals surface area contributed by atoms with Gasteiger partial charge in [-0.05, 0) is 53.2 Å². The van der Waals surface area contributed by atoms with E-state index in [9.17, 15) is 4.79 Å². The van der Waals surface area contributed by atoms with E-state index in [0.29, 0.717) is 0 Å². The molecule has 3 heteroatoms. The smallest absolute Gasteiger partial charge is 0.250 e. The van der Waals surface area contributed by atoms with E-state index >= 15 is 0 Å². The van der Waals surface area contributed by atoms with Gasteiger partial charge in [-0.15, -0.1) is 0 Å². The monoisotopic (exact) mass is 296 g/mol. The number of fused-ring (bicyclic) bond motifs is 1. The highest BCUT2D eigenvalue weighted by molar-refractivity contribution is 5.99. The maximum Gasteiger partial charge on any atom is 0.250 e. The molecule has 1 N–H and O–H groups in total. The van der Waals surface area contributed by atoms with E-state index in [2.05, 4.69) is 57.8 Å². The lowest BCUT2D eigenvalue weighted by Crippen LogP contribution is -2.45. The van der Waals surface area contributed by atoms with Gasteiger partial charge in [-0.3, -0.25) is 4.79 Å². The average Bonchev–Trinajstić information content (AvgIpc) is 2.87. The number of amides is 1. The van der Waals surface area contributed by atoms with E-state index in [1.54, 1.807) is 0 Å². The fraction of sp³-hybridized carbons (Fsp3) is 0.421. The van der Waals surface area contributed by atoms with Crippen molar-refractivity contribution in [1.29, 1.82) is 0 Å². The number of aromatic nitrogens is 1. The molecule has 3 rings (SSSR count). The Hall–Kier alpha value is -2.03. The first-order chi connectivity index (χ1) is 10.2. The SMILES string of the molecule is CC1=C(C)C(c2c(C)[nH]c3ccccc23)N(C(C)(C)C)C1=O. The van der Waals surface area contributed by atoms with Crippen LogP contribution in [0.4, 0.5) is 0 Å². The highest BCUT2D eigenvalue weighted by atomic mass is 16.2. The second kappa shape index (κ2) is 4.73. The number of nitrogens with one attached hydrogen (secondary N) is 1. The van der Waals surface area contributed by atoms with Gasteiger partial charge < -0.3 is 9.88 Å². The van der Waals surface area contributed by atoms with Crippen molar-refractivity contribution in [2.45, 2.75) is 53.1 Å². The molecule has 22 heavy (non-hydrogen) atoms. The lowest BCUT2D eigenvalue weighted by Gasteiger charge is -2.38. The van der Waals surface area contributed by atoms with Crippen LogP contribution in [0.15, 0.2) is 35.4 Å². The second-order valence-corrected chi connectivity index (χ2v) is 7.27. The number of nitrogens with zero attached hydrogens (tertiary/aromatic N) is 1. The summed E-state index contributed by atoms with van der Waals surface area (Å²) in [5, 5.41) is 1.21. The van der Waals surface area contributed by atoms with E-state index in [1.807, 2.05) is 17.9 Å². The summed E-state index contributed by atoms with van der Waals surface area (Å²) in [6.45, 7) is 12.4. The fourth-order valence-electron chi connectivity index (χ4n) is 3.55. The third kappa shape index (κ3) is 1.99. The van der Waals surface area contributed by atoms with Gasteiger partial charge in [-0.2, -0.15) is 0 Å². The van der Waals surface area contributed by atoms with Crippen molar-refractivity contribution in [2.24, 2.45) is 0 Å². The van der Waals surface area contributed by atoms with Gasteiger partial charge in [-0.1, -0.05) is 18.2 Å². The van der Waals surface area contributed by atoms with Gasteiger partial charge in [0.15, 0.2) is 0 Å². The number of rotatable bonds is 1. The molecule has 1 aliphatic rings. The van der Waals surface area contributed by atoms with Crippen molar-refractivity contribution in [2.75, 3.05) is 0 Å². The molecule has 0 fully saturated rings. The van der Waals surface area contributed by atoms with E-state index in [4.69, 9.17) is 0 Å². The predicted molar refractivity (Wildman–Crippen MR) is 90.7 cm³/mol. The van der Waals surface area contributed by atoms with Crippen LogP contribution in [0, 0.1) is 6.92 Å². The Morgan fingerprint density at radius 1 is 1.09 bits per heavy atom. The van der Waals surface area contributed by atoms with E-state index < -0.39 is 0 Å². The molecule has 0 spiro atoms. The number of benzene rings is 1. The Balaban J connectivity index is 2.27. The normalized spacial score (nSPS) is 19.6. The molecule has 2 aromatic rings. The fourth-order valence-corrected chi connectivity index (χ4v) is 3.55. The van der Waals surface area contributed by atoms with Crippen LogP contribution < -0.4 is 0 Å². The minimum absolute atomic E-state index is 0.0173. The summed E-state index contributed by atoms with van der Waals surface area (Å²) in [4.78, 5) is 18.3. The highest BCUT2D eigenvalue weighted by Gasteiger charge is 2.43. The molecular weight excluding hydrogens is 272 g/mol. The molecule has 1 amide bonds. The zero-order chi connectivity index (χ0) is 16.2. The molecule has 0 saturated heterocycles. The van der Waals surface area contributed by atoms with Crippen LogP contribution in [0.1, 0.15) is 51.9 Å². The minimum Gasteiger partial charge on any atom is -0.358 e. The molecule has 0 radical (unpaired) electrons. The first-order valence-corrected chi connectivity index (χ1v) is 7.81. The average molecular weight is 296 g/mol. The quantitative estimate of drug-likeness (QED) is 0.826. The Kier molecular flexibility index (Phi) is 3.20. The largest absolute Gasteiger partial charge is 0.358 e. The van der Waals surface area contributed by atoms with E-state index in [-0.39, 0.29) is 17.5 Å². The van der Waals surface area contributed by atoms with Gasteiger partial charge in [0.05, 0.1) is 6.04 Å². The van der Waals surface area contributed by atoms with Gasteiger partial charge >= 0.3 is 0 Å². The molecule has 1 aromatic carbocycles. The standard InChI is InChI=1S/C19H24N2O/c1-11-12(2)18(22)21(19(4,5)6)17(11)16-13(3)20-15-10-8-7-9-14(15)16/h7-10,17,20H,1-6H3. The number of aromatic amines is 1. The van der Waals surface area contributed by atoms with Crippen LogP contribution in [0.2, 0.25) is 0 Å². The minimum atomic E-state index is -0.217. The lowest BCUT2D eigenvalue weighted by atomic mass is 9.93. The van der Waals surface area contributed by atoms with Crippen LogP contribution in [-0.2, 0) is 4.79 Å². The number of hydrogen-bond acceptors (Lipinski definition) is 1. The molecular formula is C19H24N2O. The number of H-pyrrole nitrogens is 1. The zero-order valence-corrected chi connectivity index (χ0v) is 14.2. The van der Waals surface area contributed by atoms with Gasteiger partial charge in [0, 0.05) is 33.3 Å². The molecule has 116 valence electrons. The summed E-state index contributed by atoms with van der Waals surface area (Å²) in [5.41, 5.74) is 5.33. The summed E-state index contributed by atoms with van der Waals surface area (Å²) in [6.07, 6.45) is 0. The molecule has 1 aliphatic heterocycles. The van der Waals surface area contributed by atoms with Crippen molar-refractivity contribution in [3.63, 3.8) is 0 Å². The second-order valence-electron chi connectivity index (χ2n) is 7.27. The Bertz CT molecular complexity index is 789. The Morgan fingerprint density at radius 3 is 2.36 bits per heavy atom. The molecule has 3 nitrogen and oxygen atoms in total. The summed E-state index contributed by atoms with van der Waals surface area (Å²) in [7, 11) is 0. The van der Waals surface area contributed by atoms with Crippen molar-refractivity contribution in [3.8, 4) is 0 Å². The number of para-hydroxylation sites is 1. The van der Waals surface area contributed by atoms with Crippen LogP contribution in [0.3, 0.4) is 0 Å². The summed E-state index contributed by atoms with van der Waals surface area (Å²) in [6, 6.07) is 8.35. The first kappa shape index (κ1) is 14.9. The predicted octanol–water partition coefficient (Wildman–Crippen LogP) is 4.49. The van der Waals surface area contributed by atoms with Gasteiger partial charge in [0.2, 0.25) is 0 Å². The third-order valence-corrected chi connectivity index (χ3v) is 4.74. The Labute approximate surface area is 132 Å². The van der Waals surface area contributed by atoms with Gasteiger partial charge in [-0.25, -0.2) is 0 Å². The Morgan fingerprint density at radius 2 is 1.73 bits per heavy atom. The first-order valence-electron chi connectivity index (χ1n) is 7.81. The molecule has 2 heterocycles. The van der Waals surface area contributed by atoms with Crippen LogP contribution >= 0.6 is 0 Å². The van der Waals surface area contributed by atoms with Crippen LogP contribution in [-0.4, -0.2) is 21.3 Å². The third-order valence-electron chi connectivity index (χ3n) is 4.74. The van der Waals surface area contributed by atoms with Crippen molar-refractivity contribution < 1.29 is 4.79 Å². The topological polar surface area (TPSA) is 36.1 Å². The number of carbonyl (C=O) groups is 1. The van der Waals surface area contributed by atoms with Gasteiger partial charge in [0.1, 0.15) is 0 Å². The van der Waals surface area contributed by atoms with Crippen molar-refractivity contribution >= 4 is 16.8 Å². The van der Waals surface area contributed by atoms with Crippen LogP contribution in [0.5, 0.6) is 0 Å². The van der Waals surface area contributed by atoms with Crippen LogP contribution in [0.25, 0.3) is 10.9 Å². The van der Waals surface area contributed by atoms with Gasteiger partial charge in [0.25, 0.3) is 5.91 Å². The maximum absolute atomic E-state index is 12.8. The summed E-state index contributed by atoms with van der Waals surface area (Å²) >= 11 is 0.